The number of carboxylic acid groups (broad SMARTS) is 1. The van der Waals surface area contributed by atoms with Gasteiger partial charge in [-0.25, -0.2) is 4.21 Å². The summed E-state index contributed by atoms with van der Waals surface area (Å²) >= 11 is -2.70. The number of carbonyl (C=O) groups excluding carboxylic acids is 2. The van der Waals surface area contributed by atoms with E-state index in [9.17, 15) is 23.1 Å². The summed E-state index contributed by atoms with van der Waals surface area (Å²) in [5.74, 6) is -2.66. The fourth-order valence-electron chi connectivity index (χ4n) is 2.45. The van der Waals surface area contributed by atoms with Crippen molar-refractivity contribution in [3.8, 4) is 0 Å². The van der Waals surface area contributed by atoms with E-state index < -0.39 is 35.7 Å². The zero-order chi connectivity index (χ0) is 19.4. The van der Waals surface area contributed by atoms with Crippen LogP contribution in [0.4, 0.5) is 5.69 Å². The average Bonchev–Trinajstić information content (AvgIpc) is 2.78. The van der Waals surface area contributed by atoms with Gasteiger partial charge >= 0.3 is 5.97 Å². The molecule has 1 aromatic carbocycles. The van der Waals surface area contributed by atoms with Gasteiger partial charge in [-0.1, -0.05) is 0 Å². The van der Waals surface area contributed by atoms with Gasteiger partial charge in [0.15, 0.2) is 0 Å². The van der Waals surface area contributed by atoms with Gasteiger partial charge in [-0.15, -0.1) is 12.4 Å². The summed E-state index contributed by atoms with van der Waals surface area (Å²) in [5.41, 5.74) is 0.669. The molecule has 0 spiro atoms. The van der Waals surface area contributed by atoms with Gasteiger partial charge in [-0.05, 0) is 32.3 Å². The maximum atomic E-state index is 12.3. The molecule has 0 radical (unpaired) electrons. The Bertz CT molecular complexity index is 759. The molecule has 0 fully saturated rings. The third-order valence-corrected chi connectivity index (χ3v) is 4.03. The SMILES string of the molecule is CN(C)CCN(COS(=O)[O-])c1ccc2c(c1)C(=O)N(CC(=O)O)C2=O.Cl. The molecule has 1 unspecified atom stereocenters. The van der Waals surface area contributed by atoms with Gasteiger partial charge in [0.1, 0.15) is 13.3 Å². The predicted molar refractivity (Wildman–Crippen MR) is 97.5 cm³/mol. The summed E-state index contributed by atoms with van der Waals surface area (Å²) in [5, 5.41) is 8.84. The van der Waals surface area contributed by atoms with Gasteiger partial charge in [-0.3, -0.25) is 23.5 Å². The second-order valence-corrected chi connectivity index (χ2v) is 6.48. The minimum absolute atomic E-state index is 0. The zero-order valence-corrected chi connectivity index (χ0v) is 16.2. The second kappa shape index (κ2) is 9.76. The number of anilines is 1. The van der Waals surface area contributed by atoms with Crippen molar-refractivity contribution in [2.45, 2.75) is 0 Å². The molecule has 1 heterocycles. The maximum absolute atomic E-state index is 12.3. The van der Waals surface area contributed by atoms with Crippen molar-refractivity contribution in [1.29, 1.82) is 0 Å². The molecule has 1 atom stereocenters. The summed E-state index contributed by atoms with van der Waals surface area (Å²) < 4.78 is 26.0. The molecule has 1 aliphatic rings. The number of carbonyl (C=O) groups is 3. The Morgan fingerprint density at radius 3 is 2.41 bits per heavy atom. The third kappa shape index (κ3) is 5.71. The lowest BCUT2D eigenvalue weighted by molar-refractivity contribution is -0.137. The largest absolute Gasteiger partial charge is 0.750 e. The first-order valence-electron chi connectivity index (χ1n) is 7.55. The Hall–Kier alpha value is -2.05. The van der Waals surface area contributed by atoms with Gasteiger partial charge in [0.05, 0.1) is 22.5 Å². The number of nitrogens with zero attached hydrogens (tertiary/aromatic N) is 3. The Balaban J connectivity index is 0.00000364. The minimum atomic E-state index is -2.70. The minimum Gasteiger partial charge on any atom is -0.750 e. The number of amides is 2. The van der Waals surface area contributed by atoms with Crippen LogP contribution in [-0.2, 0) is 20.3 Å². The Morgan fingerprint density at radius 1 is 1.22 bits per heavy atom. The number of hydrogen-bond donors (Lipinski definition) is 1. The molecule has 0 saturated carbocycles. The van der Waals surface area contributed by atoms with Gasteiger partial charge in [-0.2, -0.15) is 0 Å². The van der Waals surface area contributed by atoms with E-state index >= 15 is 0 Å². The number of likely N-dealkylation sites (N-methyl/N-ethyl adjacent to an activating group) is 1. The van der Waals surface area contributed by atoms with E-state index in [-0.39, 0.29) is 30.3 Å². The maximum Gasteiger partial charge on any atom is 0.323 e. The molecule has 12 heteroatoms. The number of benzene rings is 1. The van der Waals surface area contributed by atoms with Crippen LogP contribution in [0.5, 0.6) is 0 Å². The van der Waals surface area contributed by atoms with Crippen molar-refractivity contribution < 1.29 is 32.4 Å². The summed E-state index contributed by atoms with van der Waals surface area (Å²) in [4.78, 5) is 39.5. The van der Waals surface area contributed by atoms with Gasteiger partial charge in [0, 0.05) is 18.8 Å². The molecule has 150 valence electrons. The van der Waals surface area contributed by atoms with Gasteiger partial charge in [0.2, 0.25) is 0 Å². The number of aliphatic carboxylic acids is 1. The molecule has 0 bridgehead atoms. The fourth-order valence-corrected chi connectivity index (χ4v) is 2.66. The number of carboxylic acids is 1. The number of imide groups is 1. The van der Waals surface area contributed by atoms with Crippen LogP contribution in [0.15, 0.2) is 18.2 Å². The van der Waals surface area contributed by atoms with E-state index in [0.717, 1.165) is 0 Å². The smallest absolute Gasteiger partial charge is 0.323 e. The number of halogens is 1. The molecule has 1 aromatic rings. The number of rotatable bonds is 9. The lowest BCUT2D eigenvalue weighted by Crippen LogP contribution is -2.34. The molecule has 2 rings (SSSR count). The first-order valence-corrected chi connectivity index (χ1v) is 8.55. The van der Waals surface area contributed by atoms with Crippen LogP contribution in [0.2, 0.25) is 0 Å². The highest BCUT2D eigenvalue weighted by molar-refractivity contribution is 7.74. The third-order valence-electron chi connectivity index (χ3n) is 3.73. The molecular weight excluding hydrogens is 402 g/mol. The van der Waals surface area contributed by atoms with Crippen LogP contribution in [0.1, 0.15) is 20.7 Å². The fraction of sp³-hybridized carbons (Fsp3) is 0.400. The Morgan fingerprint density at radius 2 is 1.85 bits per heavy atom. The lowest BCUT2D eigenvalue weighted by atomic mass is 10.1. The summed E-state index contributed by atoms with van der Waals surface area (Å²) in [6.07, 6.45) is 0. The highest BCUT2D eigenvalue weighted by atomic mass is 35.5. The average molecular weight is 421 g/mol. The Kier molecular flexibility index (Phi) is 8.31. The van der Waals surface area contributed by atoms with Crippen molar-refractivity contribution in [1.82, 2.24) is 9.80 Å². The highest BCUT2D eigenvalue weighted by Gasteiger charge is 2.37. The van der Waals surface area contributed by atoms with Crippen molar-refractivity contribution in [2.24, 2.45) is 0 Å². The van der Waals surface area contributed by atoms with E-state index in [2.05, 4.69) is 4.18 Å². The first-order chi connectivity index (χ1) is 12.2. The van der Waals surface area contributed by atoms with Crippen molar-refractivity contribution in [2.75, 3.05) is 45.4 Å². The zero-order valence-electron chi connectivity index (χ0n) is 14.6. The van der Waals surface area contributed by atoms with Gasteiger partial charge in [0.25, 0.3) is 11.8 Å². The number of fused-ring (bicyclic) bond motifs is 1. The molecular formula is C15H19ClN3O7S-. The molecule has 2 amide bonds. The van der Waals surface area contributed by atoms with Crippen molar-refractivity contribution >= 4 is 47.2 Å². The molecule has 10 nitrogen and oxygen atoms in total. The van der Waals surface area contributed by atoms with Crippen molar-refractivity contribution in [3.63, 3.8) is 0 Å². The van der Waals surface area contributed by atoms with E-state index in [1.807, 2.05) is 19.0 Å². The molecule has 0 saturated heterocycles. The van der Waals surface area contributed by atoms with E-state index in [4.69, 9.17) is 5.11 Å². The molecule has 0 aromatic heterocycles. The lowest BCUT2D eigenvalue weighted by Gasteiger charge is -2.26. The van der Waals surface area contributed by atoms with Crippen LogP contribution in [0, 0.1) is 0 Å². The molecule has 0 aliphatic carbocycles. The quantitative estimate of drug-likeness (QED) is 0.331. The first kappa shape index (κ1) is 23.0. The molecule has 27 heavy (non-hydrogen) atoms. The van der Waals surface area contributed by atoms with Crippen LogP contribution in [0.3, 0.4) is 0 Å². The molecule has 1 aliphatic heterocycles. The summed E-state index contributed by atoms with van der Waals surface area (Å²) in [6.45, 7) is 0.0158. The van der Waals surface area contributed by atoms with E-state index in [1.165, 1.54) is 12.1 Å². The van der Waals surface area contributed by atoms with Crippen LogP contribution >= 0.6 is 12.4 Å². The Labute approximate surface area is 164 Å². The monoisotopic (exact) mass is 420 g/mol. The van der Waals surface area contributed by atoms with Crippen LogP contribution in [0.25, 0.3) is 0 Å². The van der Waals surface area contributed by atoms with E-state index in [0.29, 0.717) is 23.7 Å². The number of hydrogen-bond acceptors (Lipinski definition) is 8. The highest BCUT2D eigenvalue weighted by Crippen LogP contribution is 2.27. The van der Waals surface area contributed by atoms with E-state index in [1.54, 1.807) is 11.0 Å². The normalized spacial score (nSPS) is 14.1. The van der Waals surface area contributed by atoms with Gasteiger partial charge < -0.3 is 19.5 Å². The topological polar surface area (TPSA) is 131 Å². The summed E-state index contributed by atoms with van der Waals surface area (Å²) in [7, 11) is 3.69. The molecule has 1 N–H and O–H groups in total. The second-order valence-electron chi connectivity index (χ2n) is 5.84. The van der Waals surface area contributed by atoms with Crippen LogP contribution in [-0.4, -0.2) is 81.9 Å². The van der Waals surface area contributed by atoms with Crippen LogP contribution < -0.4 is 4.90 Å². The standard InChI is InChI=1S/C15H19N3O7S.ClH/c1-16(2)5-6-17(9-25-26(23)24)10-3-4-11-12(7-10)15(22)18(14(11)21)8-13(19)20;/h3-4,7H,5-6,8-9H2,1-2H3,(H,19,20)(H,23,24);1H/p-1. The van der Waals surface area contributed by atoms with Crippen molar-refractivity contribution in [3.05, 3.63) is 29.3 Å². The summed E-state index contributed by atoms with van der Waals surface area (Å²) in [6, 6.07) is 4.41. The predicted octanol–water partition coefficient (Wildman–Crippen LogP) is -0.0748.